The minimum Gasteiger partial charge on any atom is -0.458 e. The van der Waals surface area contributed by atoms with Crippen LogP contribution in [0.4, 0.5) is 0 Å². The molecule has 2 aromatic heterocycles. The Bertz CT molecular complexity index is 335. The maximum absolute atomic E-state index is 5.29. The molecule has 0 amide bonds. The van der Waals surface area contributed by atoms with Gasteiger partial charge < -0.3 is 8.83 Å². The van der Waals surface area contributed by atoms with Crippen LogP contribution >= 0.6 is 0 Å². The molecule has 0 spiro atoms. The van der Waals surface area contributed by atoms with E-state index in [1.165, 1.54) is 6.39 Å². The van der Waals surface area contributed by atoms with Crippen molar-refractivity contribution in [1.82, 2.24) is 4.98 Å². The second-order valence-corrected chi connectivity index (χ2v) is 2.28. The summed E-state index contributed by atoms with van der Waals surface area (Å²) in [5.41, 5.74) is 0. The zero-order valence-electron chi connectivity index (χ0n) is 6.07. The maximum atomic E-state index is 5.29. The van der Waals surface area contributed by atoms with Crippen LogP contribution in [0.1, 0.15) is 5.76 Å². The van der Waals surface area contributed by atoms with Crippen LogP contribution in [0, 0.1) is 6.92 Å². The fourth-order valence-electron chi connectivity index (χ4n) is 0.904. The molecule has 0 saturated heterocycles. The van der Waals surface area contributed by atoms with Crippen LogP contribution in [0.25, 0.3) is 11.5 Å². The number of rotatable bonds is 1. The van der Waals surface area contributed by atoms with E-state index in [9.17, 15) is 0 Å². The third-order valence-corrected chi connectivity index (χ3v) is 1.42. The molecule has 56 valence electrons. The topological polar surface area (TPSA) is 39.2 Å². The molecule has 3 nitrogen and oxygen atoms in total. The van der Waals surface area contributed by atoms with Gasteiger partial charge in [0.1, 0.15) is 5.76 Å². The number of oxazole rings is 1. The second-order valence-electron chi connectivity index (χ2n) is 2.28. The Balaban J connectivity index is 2.45. The van der Waals surface area contributed by atoms with E-state index in [1.807, 2.05) is 19.1 Å². The Hall–Kier alpha value is -1.51. The Morgan fingerprint density at radius 2 is 2.18 bits per heavy atom. The standard InChI is InChI=1S/C8H7NO2/c1-6-2-3-7(11-6)8-4-9-5-10-8/h2-5H,1H3. The summed E-state index contributed by atoms with van der Waals surface area (Å²) in [5.74, 6) is 2.26. The van der Waals surface area contributed by atoms with Crippen LogP contribution in [0.5, 0.6) is 0 Å². The molecule has 0 saturated carbocycles. The summed E-state index contributed by atoms with van der Waals surface area (Å²) in [7, 11) is 0. The Kier molecular flexibility index (Phi) is 1.28. The zero-order valence-corrected chi connectivity index (χ0v) is 6.07. The molecule has 11 heavy (non-hydrogen) atoms. The van der Waals surface area contributed by atoms with Crippen molar-refractivity contribution < 1.29 is 8.83 Å². The number of aromatic nitrogens is 1. The summed E-state index contributed by atoms with van der Waals surface area (Å²) in [4.78, 5) is 3.78. The van der Waals surface area contributed by atoms with E-state index in [0.717, 1.165) is 11.5 Å². The maximum Gasteiger partial charge on any atom is 0.189 e. The number of aryl methyl sites for hydroxylation is 1. The van der Waals surface area contributed by atoms with Gasteiger partial charge in [0.15, 0.2) is 17.9 Å². The van der Waals surface area contributed by atoms with E-state index in [2.05, 4.69) is 4.98 Å². The van der Waals surface area contributed by atoms with Crippen molar-refractivity contribution in [1.29, 1.82) is 0 Å². The van der Waals surface area contributed by atoms with Crippen molar-refractivity contribution in [2.24, 2.45) is 0 Å². The lowest BCUT2D eigenvalue weighted by Crippen LogP contribution is -1.63. The number of furan rings is 1. The molecule has 2 rings (SSSR count). The summed E-state index contributed by atoms with van der Waals surface area (Å²) in [6.07, 6.45) is 3.01. The van der Waals surface area contributed by atoms with Crippen molar-refractivity contribution >= 4 is 0 Å². The van der Waals surface area contributed by atoms with Gasteiger partial charge in [-0.15, -0.1) is 0 Å². The molecule has 2 heterocycles. The van der Waals surface area contributed by atoms with E-state index in [0.29, 0.717) is 5.76 Å². The van der Waals surface area contributed by atoms with E-state index in [-0.39, 0.29) is 0 Å². The van der Waals surface area contributed by atoms with Crippen molar-refractivity contribution in [2.45, 2.75) is 6.92 Å². The van der Waals surface area contributed by atoms with Gasteiger partial charge in [0, 0.05) is 0 Å². The first kappa shape index (κ1) is 6.22. The van der Waals surface area contributed by atoms with Gasteiger partial charge in [-0.05, 0) is 19.1 Å². The van der Waals surface area contributed by atoms with Gasteiger partial charge in [-0.2, -0.15) is 0 Å². The lowest BCUT2D eigenvalue weighted by atomic mass is 10.4. The van der Waals surface area contributed by atoms with Crippen LogP contribution < -0.4 is 0 Å². The van der Waals surface area contributed by atoms with E-state index in [1.54, 1.807) is 6.20 Å². The fourth-order valence-corrected chi connectivity index (χ4v) is 0.904. The first-order valence-electron chi connectivity index (χ1n) is 3.31. The Morgan fingerprint density at radius 3 is 2.73 bits per heavy atom. The molecule has 0 N–H and O–H groups in total. The first-order valence-corrected chi connectivity index (χ1v) is 3.31. The highest BCUT2D eigenvalue weighted by atomic mass is 16.4. The normalized spacial score (nSPS) is 10.3. The average Bonchev–Trinajstić information content (AvgIpc) is 2.55. The van der Waals surface area contributed by atoms with Crippen molar-refractivity contribution in [2.75, 3.05) is 0 Å². The van der Waals surface area contributed by atoms with Gasteiger partial charge in [0.2, 0.25) is 0 Å². The van der Waals surface area contributed by atoms with Gasteiger partial charge in [-0.3, -0.25) is 0 Å². The molecule has 0 aliphatic rings. The van der Waals surface area contributed by atoms with Crippen molar-refractivity contribution in [3.63, 3.8) is 0 Å². The second kappa shape index (κ2) is 2.27. The van der Waals surface area contributed by atoms with Gasteiger partial charge in [0.05, 0.1) is 6.20 Å². The number of hydrogen-bond donors (Lipinski definition) is 0. The molecule has 0 aliphatic carbocycles. The predicted octanol–water partition coefficient (Wildman–Crippen LogP) is 2.24. The summed E-state index contributed by atoms with van der Waals surface area (Å²) >= 11 is 0. The van der Waals surface area contributed by atoms with E-state index >= 15 is 0 Å². The summed E-state index contributed by atoms with van der Waals surface area (Å²) in [6.45, 7) is 1.89. The Labute approximate surface area is 63.7 Å². The minimum atomic E-state index is 0.665. The Morgan fingerprint density at radius 1 is 1.27 bits per heavy atom. The summed E-state index contributed by atoms with van der Waals surface area (Å²) < 4.78 is 10.3. The van der Waals surface area contributed by atoms with Gasteiger partial charge >= 0.3 is 0 Å². The molecular weight excluding hydrogens is 142 g/mol. The largest absolute Gasteiger partial charge is 0.458 e. The lowest BCUT2D eigenvalue weighted by molar-refractivity contribution is 0.505. The van der Waals surface area contributed by atoms with Gasteiger partial charge in [-0.1, -0.05) is 0 Å². The summed E-state index contributed by atoms with van der Waals surface area (Å²) in [5, 5.41) is 0. The van der Waals surface area contributed by atoms with Crippen LogP contribution in [-0.4, -0.2) is 4.98 Å². The number of hydrogen-bond acceptors (Lipinski definition) is 3. The van der Waals surface area contributed by atoms with Gasteiger partial charge in [0.25, 0.3) is 0 Å². The smallest absolute Gasteiger partial charge is 0.189 e. The number of nitrogens with zero attached hydrogens (tertiary/aromatic N) is 1. The third-order valence-electron chi connectivity index (χ3n) is 1.42. The van der Waals surface area contributed by atoms with Crippen molar-refractivity contribution in [3.05, 3.63) is 30.5 Å². The van der Waals surface area contributed by atoms with Crippen molar-refractivity contribution in [3.8, 4) is 11.5 Å². The highest BCUT2D eigenvalue weighted by Crippen LogP contribution is 2.20. The van der Waals surface area contributed by atoms with E-state index in [4.69, 9.17) is 8.83 Å². The van der Waals surface area contributed by atoms with Crippen LogP contribution in [0.2, 0.25) is 0 Å². The molecule has 0 unspecified atom stereocenters. The summed E-state index contributed by atoms with van der Waals surface area (Å²) in [6, 6.07) is 3.74. The van der Waals surface area contributed by atoms with Crippen LogP contribution in [0.15, 0.2) is 33.6 Å². The molecule has 2 aromatic rings. The molecule has 0 atom stereocenters. The molecule has 0 aromatic carbocycles. The molecule has 0 bridgehead atoms. The average molecular weight is 149 g/mol. The quantitative estimate of drug-likeness (QED) is 0.624. The first-order chi connectivity index (χ1) is 5.36. The molecular formula is C8H7NO2. The SMILES string of the molecule is Cc1ccc(-c2cnco2)o1. The molecule has 0 fully saturated rings. The fraction of sp³-hybridized carbons (Fsp3) is 0.125. The highest BCUT2D eigenvalue weighted by molar-refractivity contribution is 5.47. The molecule has 0 radical (unpaired) electrons. The minimum absolute atomic E-state index is 0.665. The predicted molar refractivity (Wildman–Crippen MR) is 38.9 cm³/mol. The van der Waals surface area contributed by atoms with Crippen LogP contribution in [0.3, 0.4) is 0 Å². The third kappa shape index (κ3) is 1.05. The molecule has 0 aliphatic heterocycles. The van der Waals surface area contributed by atoms with Gasteiger partial charge in [-0.25, -0.2) is 4.98 Å². The molecule has 3 heteroatoms. The highest BCUT2D eigenvalue weighted by Gasteiger charge is 2.04. The van der Waals surface area contributed by atoms with E-state index < -0.39 is 0 Å². The lowest BCUT2D eigenvalue weighted by Gasteiger charge is -1.85. The monoisotopic (exact) mass is 149 g/mol. The zero-order chi connectivity index (χ0) is 7.68. The van der Waals surface area contributed by atoms with Crippen LogP contribution in [-0.2, 0) is 0 Å².